The number of nitrogens with two attached hydrogens (primary N) is 1. The van der Waals surface area contributed by atoms with Gasteiger partial charge in [0.25, 0.3) is 0 Å². The zero-order valence-electron chi connectivity index (χ0n) is 15.2. The summed E-state index contributed by atoms with van der Waals surface area (Å²) in [6, 6.07) is 23.7. The fraction of sp³-hybridized carbons (Fsp3) is 0.130. The second kappa shape index (κ2) is 8.95. The Morgan fingerprint density at radius 3 is 1.79 bits per heavy atom. The third kappa shape index (κ3) is 4.82. The molecule has 3 rings (SSSR count). The van der Waals surface area contributed by atoms with E-state index in [1.807, 2.05) is 60.7 Å². The molecule has 3 aromatic rings. The van der Waals surface area contributed by atoms with Gasteiger partial charge in [-0.05, 0) is 28.8 Å². The largest absolute Gasteiger partial charge is 0.368 e. The molecule has 3 N–H and O–H groups in total. The smallest absolute Gasteiger partial charge is 0.240 e. The van der Waals surface area contributed by atoms with Crippen LogP contribution in [0.4, 0.5) is 4.39 Å². The number of carbonyl (C=O) groups is 2. The third-order valence-electron chi connectivity index (χ3n) is 4.55. The zero-order valence-corrected chi connectivity index (χ0v) is 15.2. The second-order valence-corrected chi connectivity index (χ2v) is 6.55. The number of benzene rings is 3. The van der Waals surface area contributed by atoms with Gasteiger partial charge in [0.15, 0.2) is 0 Å². The quantitative estimate of drug-likeness (QED) is 0.665. The van der Waals surface area contributed by atoms with Crippen LogP contribution < -0.4 is 11.1 Å². The van der Waals surface area contributed by atoms with Crippen molar-refractivity contribution in [2.24, 2.45) is 5.73 Å². The van der Waals surface area contributed by atoms with Gasteiger partial charge in [-0.3, -0.25) is 9.59 Å². The van der Waals surface area contributed by atoms with Gasteiger partial charge in [0.05, 0.1) is 6.42 Å². The molecule has 0 aromatic heterocycles. The van der Waals surface area contributed by atoms with Crippen molar-refractivity contribution in [3.05, 3.63) is 107 Å². The molecule has 4 nitrogen and oxygen atoms in total. The van der Waals surface area contributed by atoms with Gasteiger partial charge in [0, 0.05) is 5.92 Å². The van der Waals surface area contributed by atoms with Crippen LogP contribution in [0.3, 0.4) is 0 Å². The molecule has 3 aromatic carbocycles. The fourth-order valence-corrected chi connectivity index (χ4v) is 3.23. The Hall–Kier alpha value is -3.47. The lowest BCUT2D eigenvalue weighted by Gasteiger charge is -2.27. The molecule has 142 valence electrons. The van der Waals surface area contributed by atoms with Crippen LogP contribution in [0.15, 0.2) is 84.9 Å². The van der Waals surface area contributed by atoms with Crippen LogP contribution in [0.25, 0.3) is 0 Å². The molecule has 28 heavy (non-hydrogen) atoms. The first-order valence-electron chi connectivity index (χ1n) is 8.97. The van der Waals surface area contributed by atoms with Crippen LogP contribution in [0.2, 0.25) is 0 Å². The van der Waals surface area contributed by atoms with E-state index in [0.29, 0.717) is 5.56 Å². The maximum absolute atomic E-state index is 13.1. The fourth-order valence-electron chi connectivity index (χ4n) is 3.23. The first kappa shape index (κ1) is 19.3. The summed E-state index contributed by atoms with van der Waals surface area (Å²) in [5.74, 6) is -1.76. The van der Waals surface area contributed by atoms with Gasteiger partial charge < -0.3 is 11.1 Å². The van der Waals surface area contributed by atoms with Crippen molar-refractivity contribution >= 4 is 11.8 Å². The lowest BCUT2D eigenvalue weighted by Crippen LogP contribution is -2.49. The lowest BCUT2D eigenvalue weighted by atomic mass is 9.84. The topological polar surface area (TPSA) is 72.2 Å². The molecular weight excluding hydrogens is 355 g/mol. The number of carbonyl (C=O) groups excluding carboxylic acids is 2. The molecule has 0 aliphatic rings. The van der Waals surface area contributed by atoms with Gasteiger partial charge in [-0.15, -0.1) is 0 Å². The Kier molecular flexibility index (Phi) is 6.17. The van der Waals surface area contributed by atoms with Crippen LogP contribution in [0.1, 0.15) is 22.6 Å². The lowest BCUT2D eigenvalue weighted by molar-refractivity contribution is -0.127. The molecule has 1 atom stereocenters. The van der Waals surface area contributed by atoms with E-state index in [1.54, 1.807) is 12.1 Å². The average molecular weight is 376 g/mol. The van der Waals surface area contributed by atoms with E-state index in [2.05, 4.69) is 5.32 Å². The molecule has 0 unspecified atom stereocenters. The van der Waals surface area contributed by atoms with Crippen LogP contribution in [-0.4, -0.2) is 17.9 Å². The standard InChI is InChI=1S/C23H21FN2O2/c24-19-13-11-16(12-14-19)15-20(27)26-22(23(25)28)21(17-7-3-1-4-8-17)18-9-5-2-6-10-18/h1-14,21-22H,15H2,(H2,25,28)(H,26,27)/t22-/m1/s1. The van der Waals surface area contributed by atoms with Crippen LogP contribution in [0, 0.1) is 5.82 Å². The molecule has 0 fully saturated rings. The Morgan fingerprint density at radius 2 is 1.32 bits per heavy atom. The van der Waals surface area contributed by atoms with Crippen molar-refractivity contribution in [3.63, 3.8) is 0 Å². The van der Waals surface area contributed by atoms with Gasteiger partial charge >= 0.3 is 0 Å². The van der Waals surface area contributed by atoms with Gasteiger partial charge in [-0.1, -0.05) is 72.8 Å². The van der Waals surface area contributed by atoms with Crippen LogP contribution >= 0.6 is 0 Å². The van der Waals surface area contributed by atoms with E-state index in [4.69, 9.17) is 5.73 Å². The van der Waals surface area contributed by atoms with E-state index in [9.17, 15) is 14.0 Å². The SMILES string of the molecule is NC(=O)[C@H](NC(=O)Cc1ccc(F)cc1)C(c1ccccc1)c1ccccc1. The molecule has 0 heterocycles. The Balaban J connectivity index is 1.87. The van der Waals surface area contributed by atoms with Crippen LogP contribution in [0.5, 0.6) is 0 Å². The first-order chi connectivity index (χ1) is 13.5. The van der Waals surface area contributed by atoms with Crippen molar-refractivity contribution in [1.82, 2.24) is 5.32 Å². The first-order valence-corrected chi connectivity index (χ1v) is 8.97. The second-order valence-electron chi connectivity index (χ2n) is 6.55. The minimum atomic E-state index is -0.919. The predicted octanol–water partition coefficient (Wildman–Crippen LogP) is 3.17. The summed E-state index contributed by atoms with van der Waals surface area (Å²) in [5, 5.41) is 2.77. The van der Waals surface area contributed by atoms with Crippen molar-refractivity contribution in [2.75, 3.05) is 0 Å². The molecule has 0 saturated carbocycles. The average Bonchev–Trinajstić information content (AvgIpc) is 2.71. The highest BCUT2D eigenvalue weighted by Crippen LogP contribution is 2.28. The van der Waals surface area contributed by atoms with Gasteiger partial charge in [0.1, 0.15) is 11.9 Å². The molecule has 0 aliphatic heterocycles. The van der Waals surface area contributed by atoms with Crippen molar-refractivity contribution in [3.8, 4) is 0 Å². The summed E-state index contributed by atoms with van der Waals surface area (Å²) in [6.07, 6.45) is 0.0281. The maximum Gasteiger partial charge on any atom is 0.240 e. The molecule has 0 saturated heterocycles. The Morgan fingerprint density at radius 1 is 0.821 bits per heavy atom. The molecular formula is C23H21FN2O2. The third-order valence-corrected chi connectivity index (χ3v) is 4.55. The summed E-state index contributed by atoms with van der Waals surface area (Å²) in [4.78, 5) is 24.8. The monoisotopic (exact) mass is 376 g/mol. The van der Waals surface area contributed by atoms with E-state index >= 15 is 0 Å². The highest BCUT2D eigenvalue weighted by Gasteiger charge is 2.30. The summed E-state index contributed by atoms with van der Waals surface area (Å²) in [7, 11) is 0. The molecule has 0 spiro atoms. The Bertz CT molecular complexity index is 888. The minimum absolute atomic E-state index is 0.0281. The highest BCUT2D eigenvalue weighted by atomic mass is 19.1. The van der Waals surface area contributed by atoms with E-state index < -0.39 is 17.9 Å². The van der Waals surface area contributed by atoms with E-state index in [-0.39, 0.29) is 18.1 Å². The number of halogens is 1. The van der Waals surface area contributed by atoms with Crippen molar-refractivity contribution in [1.29, 1.82) is 0 Å². The number of hydrogen-bond donors (Lipinski definition) is 2. The Labute approximate surface area is 163 Å². The highest BCUT2D eigenvalue weighted by molar-refractivity contribution is 5.88. The number of nitrogens with one attached hydrogen (secondary N) is 1. The molecule has 5 heteroatoms. The summed E-state index contributed by atoms with van der Waals surface area (Å²) < 4.78 is 13.1. The predicted molar refractivity (Wildman–Crippen MR) is 106 cm³/mol. The molecule has 0 aliphatic carbocycles. The van der Waals surface area contributed by atoms with Crippen LogP contribution in [-0.2, 0) is 16.0 Å². The van der Waals surface area contributed by atoms with Gasteiger partial charge in [-0.2, -0.15) is 0 Å². The molecule has 0 bridgehead atoms. The number of amides is 2. The maximum atomic E-state index is 13.1. The van der Waals surface area contributed by atoms with Crippen molar-refractivity contribution in [2.45, 2.75) is 18.4 Å². The van der Waals surface area contributed by atoms with E-state index in [0.717, 1.165) is 11.1 Å². The summed E-state index contributed by atoms with van der Waals surface area (Å²) in [6.45, 7) is 0. The normalized spacial score (nSPS) is 11.8. The van der Waals surface area contributed by atoms with E-state index in [1.165, 1.54) is 12.1 Å². The summed E-state index contributed by atoms with van der Waals surface area (Å²) in [5.41, 5.74) is 8.07. The number of hydrogen-bond acceptors (Lipinski definition) is 2. The summed E-state index contributed by atoms with van der Waals surface area (Å²) >= 11 is 0. The number of primary amides is 1. The molecule has 0 radical (unpaired) electrons. The van der Waals surface area contributed by atoms with Crippen molar-refractivity contribution < 1.29 is 14.0 Å². The zero-order chi connectivity index (χ0) is 19.9. The van der Waals surface area contributed by atoms with Gasteiger partial charge in [0.2, 0.25) is 11.8 Å². The molecule has 2 amide bonds. The minimum Gasteiger partial charge on any atom is -0.368 e. The van der Waals surface area contributed by atoms with Gasteiger partial charge in [-0.25, -0.2) is 4.39 Å². The number of rotatable bonds is 7.